The number of aryl methyl sites for hydroxylation is 1. The summed E-state index contributed by atoms with van der Waals surface area (Å²) in [7, 11) is -4.42. The molecular formula is C22H17ClF4N2O3S. The second-order valence-corrected chi connectivity index (χ2v) is 9.32. The number of anilines is 2. The van der Waals surface area contributed by atoms with Crippen molar-refractivity contribution in [2.75, 3.05) is 16.2 Å². The molecule has 0 radical (unpaired) electrons. The van der Waals surface area contributed by atoms with Crippen molar-refractivity contribution in [1.29, 1.82) is 0 Å². The molecule has 1 N–H and O–H groups in total. The fourth-order valence-corrected chi connectivity index (χ4v) is 4.49. The van der Waals surface area contributed by atoms with Gasteiger partial charge in [-0.25, -0.2) is 12.8 Å². The van der Waals surface area contributed by atoms with Gasteiger partial charge < -0.3 is 5.32 Å². The Morgan fingerprint density at radius 1 is 1.03 bits per heavy atom. The van der Waals surface area contributed by atoms with Crippen LogP contribution in [-0.4, -0.2) is 20.9 Å². The number of nitrogens with one attached hydrogen (secondary N) is 1. The van der Waals surface area contributed by atoms with Gasteiger partial charge in [0.2, 0.25) is 5.91 Å². The van der Waals surface area contributed by atoms with Gasteiger partial charge in [-0.1, -0.05) is 35.4 Å². The van der Waals surface area contributed by atoms with Crippen LogP contribution in [0.25, 0.3) is 0 Å². The van der Waals surface area contributed by atoms with Crippen molar-refractivity contribution in [2.24, 2.45) is 0 Å². The second-order valence-electron chi connectivity index (χ2n) is 7.05. The van der Waals surface area contributed by atoms with Gasteiger partial charge in [-0.2, -0.15) is 13.2 Å². The summed E-state index contributed by atoms with van der Waals surface area (Å²) in [6.07, 6.45) is -4.72. The van der Waals surface area contributed by atoms with Crippen molar-refractivity contribution in [1.82, 2.24) is 0 Å². The second kappa shape index (κ2) is 9.40. The number of carbonyl (C=O) groups is 1. The van der Waals surface area contributed by atoms with Crippen molar-refractivity contribution in [3.63, 3.8) is 0 Å². The van der Waals surface area contributed by atoms with E-state index in [1.807, 2.05) is 0 Å². The number of carbonyl (C=O) groups excluding carboxylic acids is 1. The molecule has 0 heterocycles. The predicted octanol–water partition coefficient (Wildman–Crippen LogP) is 5.64. The molecule has 0 aliphatic heterocycles. The van der Waals surface area contributed by atoms with E-state index >= 15 is 0 Å². The summed E-state index contributed by atoms with van der Waals surface area (Å²) in [4.78, 5) is 12.4. The normalized spacial score (nSPS) is 11.8. The molecule has 0 unspecified atom stereocenters. The van der Waals surface area contributed by atoms with Crippen molar-refractivity contribution in [2.45, 2.75) is 18.0 Å². The average Bonchev–Trinajstić information content (AvgIpc) is 2.74. The highest BCUT2D eigenvalue weighted by atomic mass is 35.5. The van der Waals surface area contributed by atoms with E-state index in [1.165, 1.54) is 30.3 Å². The Kier molecular flexibility index (Phi) is 6.99. The van der Waals surface area contributed by atoms with Crippen LogP contribution in [0, 0.1) is 12.7 Å². The predicted molar refractivity (Wildman–Crippen MR) is 117 cm³/mol. The molecular weight excluding hydrogens is 484 g/mol. The molecule has 3 aromatic rings. The molecule has 33 heavy (non-hydrogen) atoms. The molecule has 0 saturated heterocycles. The standard InChI is InChI=1S/C22H17ClF4N2O3S/c1-14-5-8-18(9-6-14)33(31,32)29(17-4-2-3-15(11-17)22(25,26)27)13-21(30)28-16-7-10-20(24)19(23)12-16/h2-12H,13H2,1H3,(H,28,30). The number of hydrogen-bond acceptors (Lipinski definition) is 3. The van der Waals surface area contributed by atoms with Crippen LogP contribution in [-0.2, 0) is 21.0 Å². The van der Waals surface area contributed by atoms with E-state index in [-0.39, 0.29) is 21.3 Å². The monoisotopic (exact) mass is 500 g/mol. The van der Waals surface area contributed by atoms with Crippen LogP contribution in [0.4, 0.5) is 28.9 Å². The summed E-state index contributed by atoms with van der Waals surface area (Å²) in [6, 6.07) is 12.6. The lowest BCUT2D eigenvalue weighted by Crippen LogP contribution is -2.38. The van der Waals surface area contributed by atoms with Gasteiger partial charge in [-0.05, 0) is 55.5 Å². The van der Waals surface area contributed by atoms with E-state index in [9.17, 15) is 30.8 Å². The molecule has 0 aliphatic rings. The van der Waals surface area contributed by atoms with Crippen LogP contribution in [0.3, 0.4) is 0 Å². The van der Waals surface area contributed by atoms with Gasteiger partial charge in [0.25, 0.3) is 10.0 Å². The quantitative estimate of drug-likeness (QED) is 0.445. The highest BCUT2D eigenvalue weighted by molar-refractivity contribution is 7.92. The Balaban J connectivity index is 2.00. The molecule has 0 spiro atoms. The zero-order valence-electron chi connectivity index (χ0n) is 17.0. The van der Waals surface area contributed by atoms with Crippen LogP contribution < -0.4 is 9.62 Å². The Bertz CT molecular complexity index is 1280. The minimum atomic E-state index is -4.72. The van der Waals surface area contributed by atoms with E-state index in [4.69, 9.17) is 11.6 Å². The highest BCUT2D eigenvalue weighted by Gasteiger charge is 2.33. The summed E-state index contributed by atoms with van der Waals surface area (Å²) in [5, 5.41) is 2.10. The fourth-order valence-electron chi connectivity index (χ4n) is 2.89. The number of benzene rings is 3. The third-order valence-electron chi connectivity index (χ3n) is 4.56. The summed E-state index contributed by atoms with van der Waals surface area (Å²) >= 11 is 5.69. The lowest BCUT2D eigenvalue weighted by Gasteiger charge is -2.25. The smallest absolute Gasteiger partial charge is 0.324 e. The first-order valence-corrected chi connectivity index (χ1v) is 11.2. The maximum Gasteiger partial charge on any atom is 0.416 e. The summed E-state index contributed by atoms with van der Waals surface area (Å²) in [6.45, 7) is 0.898. The van der Waals surface area contributed by atoms with Gasteiger partial charge in [-0.15, -0.1) is 0 Å². The van der Waals surface area contributed by atoms with Crippen LogP contribution in [0.1, 0.15) is 11.1 Å². The van der Waals surface area contributed by atoms with E-state index < -0.39 is 40.0 Å². The topological polar surface area (TPSA) is 66.5 Å². The van der Waals surface area contributed by atoms with Crippen molar-refractivity contribution in [3.05, 3.63) is 88.7 Å². The first-order valence-electron chi connectivity index (χ1n) is 9.39. The summed E-state index contributed by atoms with van der Waals surface area (Å²) < 4.78 is 80.2. The van der Waals surface area contributed by atoms with Gasteiger partial charge in [0.15, 0.2) is 0 Å². The van der Waals surface area contributed by atoms with Crippen LogP contribution >= 0.6 is 11.6 Å². The van der Waals surface area contributed by atoms with Gasteiger partial charge >= 0.3 is 6.18 Å². The molecule has 3 rings (SSSR count). The molecule has 11 heteroatoms. The molecule has 0 bridgehead atoms. The van der Waals surface area contributed by atoms with E-state index in [0.717, 1.165) is 35.9 Å². The molecule has 0 aliphatic carbocycles. The van der Waals surface area contributed by atoms with E-state index in [0.29, 0.717) is 10.4 Å². The SMILES string of the molecule is Cc1ccc(S(=O)(=O)N(CC(=O)Nc2ccc(F)c(Cl)c2)c2cccc(C(F)(F)F)c2)cc1. The van der Waals surface area contributed by atoms with Crippen molar-refractivity contribution >= 4 is 38.9 Å². The Morgan fingerprint density at radius 3 is 2.30 bits per heavy atom. The summed E-state index contributed by atoms with van der Waals surface area (Å²) in [5.41, 5.74) is -0.568. The molecule has 0 aromatic heterocycles. The minimum absolute atomic E-state index is 0.0862. The molecule has 5 nitrogen and oxygen atoms in total. The van der Waals surface area contributed by atoms with E-state index in [1.54, 1.807) is 6.92 Å². The van der Waals surface area contributed by atoms with Gasteiger partial charge in [0.1, 0.15) is 12.4 Å². The number of hydrogen-bond donors (Lipinski definition) is 1. The van der Waals surface area contributed by atoms with Gasteiger partial charge in [0, 0.05) is 5.69 Å². The number of sulfonamides is 1. The Labute approximate surface area is 192 Å². The van der Waals surface area contributed by atoms with E-state index in [2.05, 4.69) is 5.32 Å². The molecule has 1 amide bonds. The third-order valence-corrected chi connectivity index (χ3v) is 6.64. The maximum atomic E-state index is 13.4. The summed E-state index contributed by atoms with van der Waals surface area (Å²) in [5.74, 6) is -1.59. The number of rotatable bonds is 6. The molecule has 0 fully saturated rings. The van der Waals surface area contributed by atoms with Crippen molar-refractivity contribution < 1.29 is 30.8 Å². The average molecular weight is 501 g/mol. The zero-order chi connectivity index (χ0) is 24.4. The minimum Gasteiger partial charge on any atom is -0.324 e. The molecule has 0 saturated carbocycles. The largest absolute Gasteiger partial charge is 0.416 e. The number of amides is 1. The first-order chi connectivity index (χ1) is 15.4. The Morgan fingerprint density at radius 2 is 1.70 bits per heavy atom. The molecule has 174 valence electrons. The van der Waals surface area contributed by atoms with Gasteiger partial charge in [-0.3, -0.25) is 9.10 Å². The Hall–Kier alpha value is -3.11. The van der Waals surface area contributed by atoms with Crippen LogP contribution in [0.2, 0.25) is 5.02 Å². The molecule has 0 atom stereocenters. The third kappa shape index (κ3) is 5.82. The lowest BCUT2D eigenvalue weighted by molar-refractivity contribution is -0.137. The zero-order valence-corrected chi connectivity index (χ0v) is 18.6. The fraction of sp³-hybridized carbons (Fsp3) is 0.136. The number of alkyl halides is 3. The maximum absolute atomic E-state index is 13.4. The number of halogens is 5. The first kappa shape index (κ1) is 24.5. The van der Waals surface area contributed by atoms with Crippen LogP contribution in [0.5, 0.6) is 0 Å². The van der Waals surface area contributed by atoms with Crippen LogP contribution in [0.15, 0.2) is 71.6 Å². The number of nitrogens with zero attached hydrogens (tertiary/aromatic N) is 1. The molecule has 3 aromatic carbocycles. The highest BCUT2D eigenvalue weighted by Crippen LogP contribution is 2.33. The lowest BCUT2D eigenvalue weighted by atomic mass is 10.2. The van der Waals surface area contributed by atoms with Gasteiger partial charge in [0.05, 0.1) is 21.2 Å². The van der Waals surface area contributed by atoms with Crippen molar-refractivity contribution in [3.8, 4) is 0 Å².